The van der Waals surface area contributed by atoms with E-state index in [1.54, 1.807) is 7.11 Å². The summed E-state index contributed by atoms with van der Waals surface area (Å²) in [4.78, 5) is 17.4. The van der Waals surface area contributed by atoms with Crippen LogP contribution in [0.1, 0.15) is 44.0 Å². The molecule has 1 fully saturated rings. The Hall–Kier alpha value is -2.54. The topological polar surface area (TPSA) is 68.5 Å². The molecule has 1 saturated carbocycles. The van der Waals surface area contributed by atoms with Crippen LogP contribution >= 0.6 is 11.8 Å². The largest absolute Gasteiger partial charge is 0.496 e. The van der Waals surface area contributed by atoms with Crippen molar-refractivity contribution < 1.29 is 9.53 Å². The Morgan fingerprint density at radius 3 is 2.81 bits per heavy atom. The first-order valence-electron chi connectivity index (χ1n) is 10.9. The first-order valence-corrected chi connectivity index (χ1v) is 11.9. The lowest BCUT2D eigenvalue weighted by Crippen LogP contribution is -2.41. The van der Waals surface area contributed by atoms with Crippen LogP contribution < -0.4 is 10.1 Å². The lowest BCUT2D eigenvalue weighted by molar-refractivity contribution is -0.119. The van der Waals surface area contributed by atoms with Gasteiger partial charge in [-0.25, -0.2) is 9.50 Å². The zero-order valence-corrected chi connectivity index (χ0v) is 19.5. The molecule has 1 amide bonds. The Kier molecular flexibility index (Phi) is 6.51. The highest BCUT2D eigenvalue weighted by Crippen LogP contribution is 2.36. The lowest BCUT2D eigenvalue weighted by atomic mass is 9.86. The smallest absolute Gasteiger partial charge is 0.230 e. The molecule has 3 aromatic rings. The lowest BCUT2D eigenvalue weighted by Gasteiger charge is -2.29. The third-order valence-electron chi connectivity index (χ3n) is 6.04. The molecule has 0 aliphatic heterocycles. The number of hydrogen-bond donors (Lipinski definition) is 1. The van der Waals surface area contributed by atoms with Gasteiger partial charge < -0.3 is 10.1 Å². The number of thioether (sulfide) groups is 1. The zero-order chi connectivity index (χ0) is 22.0. The van der Waals surface area contributed by atoms with E-state index in [-0.39, 0.29) is 5.91 Å². The summed E-state index contributed by atoms with van der Waals surface area (Å²) in [5.41, 5.74) is 4.49. The average molecular weight is 439 g/mol. The maximum absolute atomic E-state index is 12.6. The van der Waals surface area contributed by atoms with Gasteiger partial charge in [0.1, 0.15) is 10.8 Å². The predicted molar refractivity (Wildman–Crippen MR) is 125 cm³/mol. The summed E-state index contributed by atoms with van der Waals surface area (Å²) in [6.45, 7) is 6.19. The molecular weight excluding hydrogens is 408 g/mol. The standard InChI is InChI=1S/C24H30N4O2S/c1-15-9-5-7-11-19(15)26-21(29)14-31-22-13-16(2)25-24-23(17(3)27-28(22)24)18-10-6-8-12-20(18)30-4/h6,8,10,12-13,15,19H,5,7,9,11,14H2,1-4H3,(H,26,29)/t15-,19-/m1/s1. The SMILES string of the molecule is COc1ccccc1-c1c(C)nn2c(SCC(=O)N[C@@H]3CCCC[C@H]3C)cc(C)nc12. The summed E-state index contributed by atoms with van der Waals surface area (Å²) in [6, 6.07) is 10.2. The van der Waals surface area contributed by atoms with Gasteiger partial charge in [-0.15, -0.1) is 0 Å². The van der Waals surface area contributed by atoms with Gasteiger partial charge in [0, 0.05) is 17.3 Å². The molecule has 1 aliphatic carbocycles. The third-order valence-corrected chi connectivity index (χ3v) is 7.04. The van der Waals surface area contributed by atoms with Crippen LogP contribution in [0.25, 0.3) is 16.8 Å². The Morgan fingerprint density at radius 1 is 1.26 bits per heavy atom. The number of nitrogens with one attached hydrogen (secondary N) is 1. The molecule has 6 nitrogen and oxygen atoms in total. The normalized spacial score (nSPS) is 18.8. The molecule has 2 aromatic heterocycles. The zero-order valence-electron chi connectivity index (χ0n) is 18.6. The van der Waals surface area contributed by atoms with E-state index in [0.717, 1.165) is 45.4 Å². The van der Waals surface area contributed by atoms with Crippen molar-refractivity contribution in [3.8, 4) is 16.9 Å². The molecule has 0 bridgehead atoms. The van der Waals surface area contributed by atoms with Crippen molar-refractivity contribution in [2.24, 2.45) is 5.92 Å². The molecule has 4 rings (SSSR count). The second-order valence-electron chi connectivity index (χ2n) is 8.36. The Labute approximate surface area is 187 Å². The number of amides is 1. The molecule has 31 heavy (non-hydrogen) atoms. The number of para-hydroxylation sites is 1. The van der Waals surface area contributed by atoms with Gasteiger partial charge in [0.05, 0.1) is 24.1 Å². The molecule has 7 heteroatoms. The molecular formula is C24H30N4O2S. The van der Waals surface area contributed by atoms with E-state index in [2.05, 4.69) is 12.2 Å². The van der Waals surface area contributed by atoms with Crippen LogP contribution in [0.15, 0.2) is 35.4 Å². The summed E-state index contributed by atoms with van der Waals surface area (Å²) < 4.78 is 7.42. The van der Waals surface area contributed by atoms with Gasteiger partial charge in [-0.1, -0.05) is 49.7 Å². The number of carbonyl (C=O) groups is 1. The van der Waals surface area contributed by atoms with Gasteiger partial charge >= 0.3 is 0 Å². The van der Waals surface area contributed by atoms with Crippen LogP contribution in [0.4, 0.5) is 0 Å². The number of nitrogens with zero attached hydrogens (tertiary/aromatic N) is 3. The quantitative estimate of drug-likeness (QED) is 0.442. The predicted octanol–water partition coefficient (Wildman–Crippen LogP) is 4.81. The fourth-order valence-electron chi connectivity index (χ4n) is 4.40. The van der Waals surface area contributed by atoms with Crippen molar-refractivity contribution in [1.29, 1.82) is 0 Å². The van der Waals surface area contributed by atoms with Crippen molar-refractivity contribution in [2.75, 3.05) is 12.9 Å². The number of hydrogen-bond acceptors (Lipinski definition) is 5. The van der Waals surface area contributed by atoms with Gasteiger partial charge in [0.25, 0.3) is 0 Å². The van der Waals surface area contributed by atoms with E-state index in [1.165, 1.54) is 31.0 Å². The number of carbonyl (C=O) groups excluding carboxylic acids is 1. The first kappa shape index (κ1) is 21.7. The van der Waals surface area contributed by atoms with E-state index >= 15 is 0 Å². The number of aryl methyl sites for hydroxylation is 2. The van der Waals surface area contributed by atoms with Gasteiger partial charge in [-0.2, -0.15) is 5.10 Å². The van der Waals surface area contributed by atoms with Crippen molar-refractivity contribution in [3.63, 3.8) is 0 Å². The summed E-state index contributed by atoms with van der Waals surface area (Å²) in [7, 11) is 1.67. The molecule has 0 unspecified atom stereocenters. The van der Waals surface area contributed by atoms with Gasteiger partial charge in [0.2, 0.25) is 5.91 Å². The fourth-order valence-corrected chi connectivity index (χ4v) is 5.26. The second-order valence-corrected chi connectivity index (χ2v) is 9.35. The molecule has 1 aliphatic rings. The molecule has 0 spiro atoms. The highest BCUT2D eigenvalue weighted by atomic mass is 32.2. The number of rotatable bonds is 6. The maximum atomic E-state index is 12.6. The van der Waals surface area contributed by atoms with E-state index in [0.29, 0.717) is 17.7 Å². The van der Waals surface area contributed by atoms with E-state index in [9.17, 15) is 4.79 Å². The van der Waals surface area contributed by atoms with Crippen LogP contribution in [0.2, 0.25) is 0 Å². The highest BCUT2D eigenvalue weighted by molar-refractivity contribution is 7.99. The van der Waals surface area contributed by atoms with Crippen LogP contribution in [0.3, 0.4) is 0 Å². The van der Waals surface area contributed by atoms with Crippen LogP contribution in [-0.4, -0.2) is 39.4 Å². The van der Waals surface area contributed by atoms with Crippen molar-refractivity contribution in [3.05, 3.63) is 41.7 Å². The average Bonchev–Trinajstić information content (AvgIpc) is 3.09. The highest BCUT2D eigenvalue weighted by Gasteiger charge is 2.23. The van der Waals surface area contributed by atoms with Gasteiger partial charge in [-0.3, -0.25) is 4.79 Å². The van der Waals surface area contributed by atoms with E-state index in [4.69, 9.17) is 14.8 Å². The minimum absolute atomic E-state index is 0.0835. The van der Waals surface area contributed by atoms with Gasteiger partial charge in [0.15, 0.2) is 5.65 Å². The van der Waals surface area contributed by atoms with Crippen LogP contribution in [0, 0.1) is 19.8 Å². The number of benzene rings is 1. The van der Waals surface area contributed by atoms with E-state index < -0.39 is 0 Å². The summed E-state index contributed by atoms with van der Waals surface area (Å²) >= 11 is 1.51. The molecule has 2 heterocycles. The monoisotopic (exact) mass is 438 g/mol. The minimum atomic E-state index is 0.0835. The van der Waals surface area contributed by atoms with Crippen LogP contribution in [-0.2, 0) is 4.79 Å². The maximum Gasteiger partial charge on any atom is 0.230 e. The third kappa shape index (κ3) is 4.56. The number of ether oxygens (including phenoxy) is 1. The van der Waals surface area contributed by atoms with Crippen molar-refractivity contribution in [1.82, 2.24) is 19.9 Å². The van der Waals surface area contributed by atoms with Gasteiger partial charge in [-0.05, 0) is 44.7 Å². The molecule has 164 valence electrons. The first-order chi connectivity index (χ1) is 15.0. The number of methoxy groups -OCH3 is 1. The molecule has 2 atom stereocenters. The molecule has 1 N–H and O–H groups in total. The summed E-state index contributed by atoms with van der Waals surface area (Å²) in [5.74, 6) is 1.79. The minimum Gasteiger partial charge on any atom is -0.496 e. The second kappa shape index (κ2) is 9.30. The molecule has 0 saturated heterocycles. The Balaban J connectivity index is 1.60. The fraction of sp³-hybridized carbons (Fsp3) is 0.458. The molecule has 0 radical (unpaired) electrons. The number of aromatic nitrogens is 3. The summed E-state index contributed by atoms with van der Waals surface area (Å²) in [5, 5.41) is 8.91. The Morgan fingerprint density at radius 2 is 2.03 bits per heavy atom. The van der Waals surface area contributed by atoms with Crippen LogP contribution in [0.5, 0.6) is 5.75 Å². The van der Waals surface area contributed by atoms with Crippen molar-refractivity contribution in [2.45, 2.75) is 57.5 Å². The number of fused-ring (bicyclic) bond motifs is 1. The van der Waals surface area contributed by atoms with E-state index in [1.807, 2.05) is 48.7 Å². The molecule has 1 aromatic carbocycles. The van der Waals surface area contributed by atoms with Crippen molar-refractivity contribution >= 4 is 23.3 Å². The Bertz CT molecular complexity index is 1090. The summed E-state index contributed by atoms with van der Waals surface area (Å²) in [6.07, 6.45) is 4.74.